The molecule has 0 N–H and O–H groups in total. The van der Waals surface area contributed by atoms with Gasteiger partial charge in [0.2, 0.25) is 0 Å². The number of rotatable bonds is 3. The largest absolute Gasteiger partial charge is 0.480 e. The summed E-state index contributed by atoms with van der Waals surface area (Å²) >= 11 is 0. The Bertz CT molecular complexity index is 1070. The fourth-order valence-corrected chi connectivity index (χ4v) is 3.20. The number of Topliss-reactive ketones (excluding diaryl/α,β-unsaturated/α-hetero) is 1. The van der Waals surface area contributed by atoms with Crippen LogP contribution in [0.5, 0.6) is 5.75 Å². The zero-order valence-electron chi connectivity index (χ0n) is 14.7. The number of imide groups is 1. The summed E-state index contributed by atoms with van der Waals surface area (Å²) < 4.78 is 5.59. The highest BCUT2D eigenvalue weighted by Gasteiger charge is 2.35. The Morgan fingerprint density at radius 3 is 2.48 bits per heavy atom. The molecular weight excluding hydrogens is 342 g/mol. The third-order valence-electron chi connectivity index (χ3n) is 4.65. The highest BCUT2D eigenvalue weighted by molar-refractivity contribution is 6.12. The number of hydrogen-bond donors (Lipinski definition) is 0. The van der Waals surface area contributed by atoms with E-state index < -0.39 is 17.9 Å². The van der Waals surface area contributed by atoms with Crippen LogP contribution in [0.2, 0.25) is 0 Å². The molecule has 0 saturated carbocycles. The van der Waals surface area contributed by atoms with E-state index in [2.05, 4.69) is 0 Å². The second-order valence-corrected chi connectivity index (χ2v) is 6.47. The Morgan fingerprint density at radius 2 is 1.67 bits per heavy atom. The standard InChI is InChI=1S/C22H17NO4/c1-14-21(25)23(22(26)18-8-4-5-9-20(18)27-14)13-19(24)17-11-10-15-6-2-3-7-16(15)12-17/h2-12,14H,13H2,1H3/t14-/m1/s1. The van der Waals surface area contributed by atoms with Gasteiger partial charge >= 0.3 is 0 Å². The molecule has 1 aliphatic rings. The number of ether oxygens (including phenoxy) is 1. The van der Waals surface area contributed by atoms with Gasteiger partial charge in [0.05, 0.1) is 12.1 Å². The van der Waals surface area contributed by atoms with Gasteiger partial charge < -0.3 is 4.74 Å². The van der Waals surface area contributed by atoms with Crippen LogP contribution in [0.4, 0.5) is 0 Å². The van der Waals surface area contributed by atoms with Crippen molar-refractivity contribution >= 4 is 28.4 Å². The maximum atomic E-state index is 12.8. The van der Waals surface area contributed by atoms with Crippen molar-refractivity contribution in [2.45, 2.75) is 13.0 Å². The van der Waals surface area contributed by atoms with Crippen LogP contribution >= 0.6 is 0 Å². The lowest BCUT2D eigenvalue weighted by Crippen LogP contribution is -2.44. The molecule has 4 rings (SSSR count). The molecule has 0 unspecified atom stereocenters. The molecule has 2 amide bonds. The Hall–Kier alpha value is -3.47. The molecule has 1 atom stereocenters. The number of ketones is 1. The van der Waals surface area contributed by atoms with Gasteiger partial charge in [0.15, 0.2) is 11.9 Å². The number of para-hydroxylation sites is 1. The van der Waals surface area contributed by atoms with Crippen molar-refractivity contribution in [2.75, 3.05) is 6.54 Å². The Morgan fingerprint density at radius 1 is 0.963 bits per heavy atom. The van der Waals surface area contributed by atoms with E-state index in [0.29, 0.717) is 11.3 Å². The van der Waals surface area contributed by atoms with E-state index in [9.17, 15) is 14.4 Å². The number of nitrogens with zero attached hydrogens (tertiary/aromatic N) is 1. The van der Waals surface area contributed by atoms with Crippen molar-refractivity contribution in [2.24, 2.45) is 0 Å². The van der Waals surface area contributed by atoms with Crippen LogP contribution in [0.25, 0.3) is 10.8 Å². The third kappa shape index (κ3) is 3.08. The first kappa shape index (κ1) is 17.0. The molecule has 0 bridgehead atoms. The van der Waals surface area contributed by atoms with Crippen molar-refractivity contribution in [1.82, 2.24) is 4.90 Å². The lowest BCUT2D eigenvalue weighted by Gasteiger charge is -2.19. The van der Waals surface area contributed by atoms with Gasteiger partial charge in [-0.2, -0.15) is 0 Å². The van der Waals surface area contributed by atoms with Crippen LogP contribution in [0.15, 0.2) is 66.7 Å². The molecule has 0 saturated heterocycles. The maximum Gasteiger partial charge on any atom is 0.270 e. The smallest absolute Gasteiger partial charge is 0.270 e. The molecule has 27 heavy (non-hydrogen) atoms. The first-order chi connectivity index (χ1) is 13.0. The molecule has 3 aromatic rings. The van der Waals surface area contributed by atoms with Gasteiger partial charge in [0.25, 0.3) is 11.8 Å². The Balaban J connectivity index is 1.66. The second-order valence-electron chi connectivity index (χ2n) is 6.47. The van der Waals surface area contributed by atoms with E-state index in [4.69, 9.17) is 4.74 Å². The molecule has 0 spiro atoms. The van der Waals surface area contributed by atoms with Crippen molar-refractivity contribution in [1.29, 1.82) is 0 Å². The van der Waals surface area contributed by atoms with Crippen molar-refractivity contribution in [3.05, 3.63) is 77.9 Å². The number of carbonyl (C=O) groups is 3. The van der Waals surface area contributed by atoms with E-state index in [1.807, 2.05) is 30.3 Å². The fourth-order valence-electron chi connectivity index (χ4n) is 3.20. The molecule has 0 aromatic heterocycles. The van der Waals surface area contributed by atoms with Crippen LogP contribution < -0.4 is 4.74 Å². The summed E-state index contributed by atoms with van der Waals surface area (Å²) in [6.45, 7) is 1.25. The number of amides is 2. The lowest BCUT2D eigenvalue weighted by molar-refractivity contribution is -0.134. The van der Waals surface area contributed by atoms with Crippen molar-refractivity contribution in [3.63, 3.8) is 0 Å². The summed E-state index contributed by atoms with van der Waals surface area (Å²) in [5, 5.41) is 1.95. The minimum absolute atomic E-state index is 0.279. The summed E-state index contributed by atoms with van der Waals surface area (Å²) in [7, 11) is 0. The predicted octanol–water partition coefficient (Wildman–Crippen LogP) is 3.47. The fraction of sp³-hybridized carbons (Fsp3) is 0.136. The van der Waals surface area contributed by atoms with Gasteiger partial charge in [0, 0.05) is 5.56 Å². The zero-order chi connectivity index (χ0) is 19.0. The molecule has 134 valence electrons. The van der Waals surface area contributed by atoms with Crippen molar-refractivity contribution < 1.29 is 19.1 Å². The van der Waals surface area contributed by atoms with Gasteiger partial charge in [0.1, 0.15) is 5.75 Å². The number of benzene rings is 3. The number of carbonyl (C=O) groups excluding carboxylic acids is 3. The molecule has 3 aromatic carbocycles. The van der Waals surface area contributed by atoms with Crippen LogP contribution in [0.3, 0.4) is 0 Å². The SMILES string of the molecule is C[C@H]1Oc2ccccc2C(=O)N(CC(=O)c2ccc3ccccc3c2)C1=O. The molecule has 0 fully saturated rings. The average Bonchev–Trinajstić information content (AvgIpc) is 2.78. The average molecular weight is 359 g/mol. The molecular formula is C22H17NO4. The monoisotopic (exact) mass is 359 g/mol. The summed E-state index contributed by atoms with van der Waals surface area (Å²) in [4.78, 5) is 39.2. The summed E-state index contributed by atoms with van der Waals surface area (Å²) in [5.74, 6) is -0.988. The zero-order valence-corrected chi connectivity index (χ0v) is 14.7. The van der Waals surface area contributed by atoms with E-state index in [1.54, 1.807) is 43.3 Å². The second kappa shape index (κ2) is 6.68. The van der Waals surface area contributed by atoms with Gasteiger partial charge in [-0.15, -0.1) is 0 Å². The van der Waals surface area contributed by atoms with E-state index in [-0.39, 0.29) is 17.9 Å². The minimum Gasteiger partial charge on any atom is -0.480 e. The minimum atomic E-state index is -0.845. The first-order valence-corrected chi connectivity index (χ1v) is 8.68. The van der Waals surface area contributed by atoms with Crippen LogP contribution in [-0.4, -0.2) is 35.1 Å². The summed E-state index contributed by atoms with van der Waals surface area (Å²) in [6, 6.07) is 19.7. The molecule has 0 aliphatic carbocycles. The van der Waals surface area contributed by atoms with Gasteiger partial charge in [-0.05, 0) is 35.9 Å². The molecule has 0 radical (unpaired) electrons. The molecule has 1 heterocycles. The number of fused-ring (bicyclic) bond motifs is 2. The van der Waals surface area contributed by atoms with Gasteiger partial charge in [-0.3, -0.25) is 19.3 Å². The van der Waals surface area contributed by atoms with Gasteiger partial charge in [-0.1, -0.05) is 48.5 Å². The van der Waals surface area contributed by atoms with E-state index in [1.165, 1.54) is 0 Å². The lowest BCUT2D eigenvalue weighted by atomic mass is 10.0. The first-order valence-electron chi connectivity index (χ1n) is 8.68. The normalized spacial score (nSPS) is 16.6. The predicted molar refractivity (Wildman–Crippen MR) is 101 cm³/mol. The Labute approximate surface area is 156 Å². The number of hydrogen-bond acceptors (Lipinski definition) is 4. The third-order valence-corrected chi connectivity index (χ3v) is 4.65. The summed E-state index contributed by atoms with van der Waals surface area (Å²) in [6.07, 6.45) is -0.845. The topological polar surface area (TPSA) is 63.7 Å². The highest BCUT2D eigenvalue weighted by Crippen LogP contribution is 2.26. The molecule has 5 nitrogen and oxygen atoms in total. The Kier molecular flexibility index (Phi) is 4.20. The molecule has 1 aliphatic heterocycles. The van der Waals surface area contributed by atoms with Crippen LogP contribution in [0, 0.1) is 0 Å². The van der Waals surface area contributed by atoms with E-state index in [0.717, 1.165) is 15.7 Å². The molecule has 5 heteroatoms. The maximum absolute atomic E-state index is 12.8. The van der Waals surface area contributed by atoms with Crippen LogP contribution in [-0.2, 0) is 4.79 Å². The highest BCUT2D eigenvalue weighted by atomic mass is 16.5. The quantitative estimate of drug-likeness (QED) is 0.531. The van der Waals surface area contributed by atoms with Crippen molar-refractivity contribution in [3.8, 4) is 5.75 Å². The van der Waals surface area contributed by atoms with E-state index >= 15 is 0 Å². The summed E-state index contributed by atoms with van der Waals surface area (Å²) in [5.41, 5.74) is 0.738. The van der Waals surface area contributed by atoms with Gasteiger partial charge in [-0.25, -0.2) is 0 Å². The van der Waals surface area contributed by atoms with Crippen LogP contribution in [0.1, 0.15) is 27.6 Å².